The molecule has 0 fully saturated rings. The number of sulfonamides is 1. The highest BCUT2D eigenvalue weighted by Crippen LogP contribution is 2.26. The summed E-state index contributed by atoms with van der Waals surface area (Å²) in [5.41, 5.74) is -0.168. The van der Waals surface area contributed by atoms with Crippen molar-refractivity contribution < 1.29 is 13.3 Å². The highest BCUT2D eigenvalue weighted by molar-refractivity contribution is 7.89. The minimum Gasteiger partial charge on any atom is -0.364 e. The lowest BCUT2D eigenvalue weighted by Gasteiger charge is -2.07. The average molecular weight is 310 g/mol. The number of hydrogen-bond acceptors (Lipinski definition) is 7. The Hall–Kier alpha value is -1.52. The van der Waals surface area contributed by atoms with E-state index in [9.17, 15) is 18.5 Å². The van der Waals surface area contributed by atoms with Crippen LogP contribution in [0.25, 0.3) is 0 Å². The molecular formula is C8H12ClN5O4S. The lowest BCUT2D eigenvalue weighted by Crippen LogP contribution is -2.19. The molecule has 0 amide bonds. The van der Waals surface area contributed by atoms with E-state index in [1.54, 1.807) is 0 Å². The van der Waals surface area contributed by atoms with Crippen LogP contribution in [0.5, 0.6) is 0 Å². The van der Waals surface area contributed by atoms with Crippen molar-refractivity contribution >= 4 is 33.1 Å². The average Bonchev–Trinajstić information content (AvgIpc) is 2.21. The van der Waals surface area contributed by atoms with E-state index in [-0.39, 0.29) is 41.2 Å². The molecule has 0 bridgehead atoms. The molecule has 1 rings (SSSR count). The smallest absolute Gasteiger partial charge is 0.332 e. The Balaban J connectivity index is 2.80. The maximum absolute atomic E-state index is 10.9. The molecule has 0 aliphatic rings. The van der Waals surface area contributed by atoms with E-state index in [4.69, 9.17) is 16.7 Å². The molecule has 11 heteroatoms. The standard InChI is InChI=1S/C8H12ClN5O4S/c1-5-6(14(15)16)7(13-8(9)12-5)11-3-2-4-19(10,17)18/h2-4H2,1H3,(H2,10,17,18)(H,11,12,13). The fourth-order valence-corrected chi connectivity index (χ4v) is 2.11. The van der Waals surface area contributed by atoms with Crippen LogP contribution < -0.4 is 10.5 Å². The molecule has 3 N–H and O–H groups in total. The zero-order valence-corrected chi connectivity index (χ0v) is 11.5. The number of nitro groups is 1. The van der Waals surface area contributed by atoms with Crippen LogP contribution in [0.1, 0.15) is 12.1 Å². The summed E-state index contributed by atoms with van der Waals surface area (Å²) in [6, 6.07) is 0. The minimum absolute atomic E-state index is 0.0445. The van der Waals surface area contributed by atoms with Crippen molar-refractivity contribution in [2.45, 2.75) is 13.3 Å². The summed E-state index contributed by atoms with van der Waals surface area (Å²) in [7, 11) is -3.55. The topological polar surface area (TPSA) is 141 Å². The molecule has 1 heterocycles. The van der Waals surface area contributed by atoms with Crippen molar-refractivity contribution in [3.05, 3.63) is 21.1 Å². The van der Waals surface area contributed by atoms with Gasteiger partial charge in [0.1, 0.15) is 5.69 Å². The van der Waals surface area contributed by atoms with Gasteiger partial charge in [0.25, 0.3) is 0 Å². The van der Waals surface area contributed by atoms with Gasteiger partial charge in [-0.1, -0.05) is 0 Å². The third-order valence-electron chi connectivity index (χ3n) is 2.11. The normalized spacial score (nSPS) is 11.3. The van der Waals surface area contributed by atoms with Crippen LogP contribution in [-0.4, -0.2) is 35.6 Å². The molecule has 0 spiro atoms. The van der Waals surface area contributed by atoms with Crippen molar-refractivity contribution in [3.8, 4) is 0 Å². The van der Waals surface area contributed by atoms with Crippen molar-refractivity contribution in [2.75, 3.05) is 17.6 Å². The summed E-state index contributed by atoms with van der Waals surface area (Å²) in [5, 5.41) is 18.2. The van der Waals surface area contributed by atoms with Crippen LogP contribution in [0, 0.1) is 17.0 Å². The third kappa shape index (κ3) is 4.93. The fraction of sp³-hybridized carbons (Fsp3) is 0.500. The summed E-state index contributed by atoms with van der Waals surface area (Å²) in [6.45, 7) is 1.59. The summed E-state index contributed by atoms with van der Waals surface area (Å²) in [4.78, 5) is 17.6. The molecule has 0 unspecified atom stereocenters. The van der Waals surface area contributed by atoms with Gasteiger partial charge in [0.05, 0.1) is 10.7 Å². The Morgan fingerprint density at radius 3 is 2.63 bits per heavy atom. The maximum atomic E-state index is 10.9. The lowest BCUT2D eigenvalue weighted by molar-refractivity contribution is -0.385. The molecule has 0 aliphatic carbocycles. The van der Waals surface area contributed by atoms with E-state index in [0.717, 1.165) is 0 Å². The molecule has 0 aromatic carbocycles. The number of hydrogen-bond donors (Lipinski definition) is 2. The summed E-state index contributed by atoms with van der Waals surface area (Å²) in [6.07, 6.45) is 0.191. The van der Waals surface area contributed by atoms with E-state index in [0.29, 0.717) is 0 Å². The van der Waals surface area contributed by atoms with Crippen molar-refractivity contribution in [3.63, 3.8) is 0 Å². The molecule has 1 aromatic rings. The molecule has 106 valence electrons. The molecule has 0 saturated heterocycles. The minimum atomic E-state index is -3.55. The zero-order chi connectivity index (χ0) is 14.6. The molecule has 0 saturated carbocycles. The number of anilines is 1. The third-order valence-corrected chi connectivity index (χ3v) is 3.14. The molecule has 0 aliphatic heterocycles. The quantitative estimate of drug-likeness (QED) is 0.336. The van der Waals surface area contributed by atoms with Gasteiger partial charge >= 0.3 is 5.69 Å². The Bertz CT molecular complexity index is 591. The van der Waals surface area contributed by atoms with E-state index < -0.39 is 14.9 Å². The van der Waals surface area contributed by atoms with Crippen LogP contribution in [0.3, 0.4) is 0 Å². The number of aromatic nitrogens is 2. The Morgan fingerprint density at radius 2 is 2.11 bits per heavy atom. The molecule has 9 nitrogen and oxygen atoms in total. The first-order chi connectivity index (χ1) is 8.70. The van der Waals surface area contributed by atoms with E-state index in [1.165, 1.54) is 6.92 Å². The fourth-order valence-electron chi connectivity index (χ4n) is 1.35. The van der Waals surface area contributed by atoms with Gasteiger partial charge in [0, 0.05) is 6.54 Å². The van der Waals surface area contributed by atoms with Crippen LogP contribution in [0.2, 0.25) is 5.28 Å². The molecule has 0 radical (unpaired) electrons. The number of rotatable bonds is 6. The molecular weight excluding hydrogens is 298 g/mol. The van der Waals surface area contributed by atoms with Gasteiger partial charge in [0.2, 0.25) is 21.1 Å². The second-order valence-corrected chi connectivity index (χ2v) is 5.75. The maximum Gasteiger partial charge on any atom is 0.332 e. The monoisotopic (exact) mass is 309 g/mol. The predicted molar refractivity (Wildman–Crippen MR) is 69.5 cm³/mol. The van der Waals surface area contributed by atoms with E-state index in [1.807, 2.05) is 0 Å². The SMILES string of the molecule is Cc1nc(Cl)nc(NCCCS(N)(=O)=O)c1[N+](=O)[O-]. The van der Waals surface area contributed by atoms with Crippen molar-refractivity contribution in [2.24, 2.45) is 5.14 Å². The van der Waals surface area contributed by atoms with E-state index >= 15 is 0 Å². The molecule has 1 aromatic heterocycles. The number of halogens is 1. The van der Waals surface area contributed by atoms with Gasteiger partial charge in [-0.3, -0.25) is 10.1 Å². The molecule has 19 heavy (non-hydrogen) atoms. The number of nitrogens with one attached hydrogen (secondary N) is 1. The second-order valence-electron chi connectivity index (χ2n) is 3.68. The van der Waals surface area contributed by atoms with Gasteiger partial charge in [-0.05, 0) is 24.9 Å². The van der Waals surface area contributed by atoms with Gasteiger partial charge < -0.3 is 5.32 Å². The van der Waals surface area contributed by atoms with Gasteiger partial charge in [-0.15, -0.1) is 0 Å². The largest absolute Gasteiger partial charge is 0.364 e. The van der Waals surface area contributed by atoms with Gasteiger partial charge in [-0.2, -0.15) is 4.98 Å². The first-order valence-electron chi connectivity index (χ1n) is 5.13. The predicted octanol–water partition coefficient (Wildman–Crippen LogP) is 0.437. The highest BCUT2D eigenvalue weighted by atomic mass is 35.5. The number of aryl methyl sites for hydroxylation is 1. The summed E-state index contributed by atoms with van der Waals surface area (Å²) in [5.74, 6) is -0.275. The summed E-state index contributed by atoms with van der Waals surface area (Å²) >= 11 is 5.61. The first-order valence-corrected chi connectivity index (χ1v) is 7.23. The lowest BCUT2D eigenvalue weighted by atomic mass is 10.3. The van der Waals surface area contributed by atoms with Crippen LogP contribution in [0.15, 0.2) is 0 Å². The van der Waals surface area contributed by atoms with E-state index in [2.05, 4.69) is 15.3 Å². The summed E-state index contributed by atoms with van der Waals surface area (Å²) < 4.78 is 21.4. The first kappa shape index (κ1) is 15.5. The van der Waals surface area contributed by atoms with Crippen molar-refractivity contribution in [1.82, 2.24) is 9.97 Å². The van der Waals surface area contributed by atoms with Crippen LogP contribution in [-0.2, 0) is 10.0 Å². The zero-order valence-electron chi connectivity index (χ0n) is 9.96. The van der Waals surface area contributed by atoms with Gasteiger partial charge in [-0.25, -0.2) is 18.5 Å². The second kappa shape index (κ2) is 6.08. The van der Waals surface area contributed by atoms with Gasteiger partial charge in [0.15, 0.2) is 0 Å². The van der Waals surface area contributed by atoms with Crippen LogP contribution >= 0.6 is 11.6 Å². The number of nitrogens with zero attached hydrogens (tertiary/aromatic N) is 3. The molecule has 0 atom stereocenters. The highest BCUT2D eigenvalue weighted by Gasteiger charge is 2.21. The van der Waals surface area contributed by atoms with Crippen LogP contribution in [0.4, 0.5) is 11.5 Å². The van der Waals surface area contributed by atoms with Crippen molar-refractivity contribution in [1.29, 1.82) is 0 Å². The Morgan fingerprint density at radius 1 is 1.47 bits per heavy atom. The number of nitrogens with two attached hydrogens (primary N) is 1. The Labute approximate surface area is 114 Å². The number of primary sulfonamides is 1. The Kier molecular flexibility index (Phi) is 4.97.